The third-order valence-electron chi connectivity index (χ3n) is 3.05. The zero-order chi connectivity index (χ0) is 15.5. The molecule has 0 aliphatic carbocycles. The summed E-state index contributed by atoms with van der Waals surface area (Å²) < 4.78 is 43.9. The van der Waals surface area contributed by atoms with Crippen LogP contribution in [0.25, 0.3) is 0 Å². The number of halogens is 4. The molecule has 0 bridgehead atoms. The van der Waals surface area contributed by atoms with E-state index < -0.39 is 17.8 Å². The largest absolute Gasteiger partial charge is 0.418 e. The van der Waals surface area contributed by atoms with E-state index in [1.807, 2.05) is 0 Å². The highest BCUT2D eigenvalue weighted by Gasteiger charge is 2.34. The van der Waals surface area contributed by atoms with Crippen LogP contribution >= 0.6 is 11.6 Å². The number of rotatable bonds is 3. The molecule has 0 radical (unpaired) electrons. The summed E-state index contributed by atoms with van der Waals surface area (Å²) in [7, 11) is 0. The maximum atomic E-state index is 12.9. The van der Waals surface area contributed by atoms with Gasteiger partial charge in [-0.05, 0) is 31.0 Å². The Kier molecular flexibility index (Phi) is 4.95. The highest BCUT2D eigenvalue weighted by atomic mass is 35.5. The van der Waals surface area contributed by atoms with Crippen molar-refractivity contribution in [2.45, 2.75) is 25.1 Å². The molecule has 21 heavy (non-hydrogen) atoms. The lowest BCUT2D eigenvalue weighted by molar-refractivity contribution is -0.136. The first-order valence-corrected chi connectivity index (χ1v) is 6.77. The fraction of sp³-hybridized carbons (Fsp3) is 0.462. The Labute approximate surface area is 124 Å². The third-order valence-corrected chi connectivity index (χ3v) is 3.28. The van der Waals surface area contributed by atoms with Gasteiger partial charge in [0.2, 0.25) is 0 Å². The van der Waals surface area contributed by atoms with Crippen LogP contribution in [0.4, 0.5) is 23.7 Å². The quantitative estimate of drug-likeness (QED) is 0.892. The van der Waals surface area contributed by atoms with E-state index >= 15 is 0 Å². The van der Waals surface area contributed by atoms with Gasteiger partial charge in [0, 0.05) is 18.2 Å². The first kappa shape index (κ1) is 15.9. The summed E-state index contributed by atoms with van der Waals surface area (Å²) in [5.74, 6) is 0. The van der Waals surface area contributed by atoms with Crippen molar-refractivity contribution in [2.24, 2.45) is 0 Å². The first-order valence-electron chi connectivity index (χ1n) is 6.39. The average molecular weight is 323 g/mol. The Bertz CT molecular complexity index is 517. The van der Waals surface area contributed by atoms with Gasteiger partial charge < -0.3 is 15.4 Å². The molecule has 1 aromatic carbocycles. The molecule has 0 aromatic heterocycles. The number of hydrogen-bond acceptors (Lipinski definition) is 2. The van der Waals surface area contributed by atoms with Crippen LogP contribution < -0.4 is 10.6 Å². The summed E-state index contributed by atoms with van der Waals surface area (Å²) in [6.07, 6.45) is -2.93. The van der Waals surface area contributed by atoms with E-state index in [4.69, 9.17) is 16.3 Å². The number of carbonyl (C=O) groups excluding carboxylic acids is 1. The predicted octanol–water partition coefficient (Wildman–Crippen LogP) is 3.66. The normalized spacial score (nSPS) is 18.6. The highest BCUT2D eigenvalue weighted by molar-refractivity contribution is 6.30. The first-order chi connectivity index (χ1) is 9.86. The summed E-state index contributed by atoms with van der Waals surface area (Å²) in [5.41, 5.74) is -1.32. The molecule has 0 saturated carbocycles. The second-order valence-corrected chi connectivity index (χ2v) is 5.09. The molecule has 1 unspecified atom stereocenters. The van der Waals surface area contributed by atoms with Crippen molar-refractivity contribution in [3.05, 3.63) is 28.8 Å². The Balaban J connectivity index is 1.99. The molecular formula is C13H14ClF3N2O2. The Morgan fingerprint density at radius 3 is 2.81 bits per heavy atom. The fourth-order valence-electron chi connectivity index (χ4n) is 2.04. The van der Waals surface area contributed by atoms with Gasteiger partial charge in [0.05, 0.1) is 17.4 Å². The van der Waals surface area contributed by atoms with Crippen LogP contribution in [0.5, 0.6) is 0 Å². The van der Waals surface area contributed by atoms with Gasteiger partial charge in [-0.25, -0.2) is 4.79 Å². The van der Waals surface area contributed by atoms with Gasteiger partial charge in [-0.15, -0.1) is 0 Å². The summed E-state index contributed by atoms with van der Waals surface area (Å²) in [4.78, 5) is 11.7. The van der Waals surface area contributed by atoms with E-state index in [0.717, 1.165) is 25.0 Å². The molecule has 116 valence electrons. The number of urea groups is 1. The summed E-state index contributed by atoms with van der Waals surface area (Å²) >= 11 is 5.56. The van der Waals surface area contributed by atoms with Crippen molar-refractivity contribution in [3.63, 3.8) is 0 Å². The van der Waals surface area contributed by atoms with E-state index in [1.165, 1.54) is 6.07 Å². The molecule has 4 nitrogen and oxygen atoms in total. The number of benzene rings is 1. The number of anilines is 1. The smallest absolute Gasteiger partial charge is 0.376 e. The van der Waals surface area contributed by atoms with Crippen LogP contribution in [0.1, 0.15) is 18.4 Å². The molecule has 1 aliphatic rings. The van der Waals surface area contributed by atoms with Gasteiger partial charge in [0.15, 0.2) is 0 Å². The highest BCUT2D eigenvalue weighted by Crippen LogP contribution is 2.36. The lowest BCUT2D eigenvalue weighted by Gasteiger charge is -2.15. The van der Waals surface area contributed by atoms with Crippen LogP contribution in [0.15, 0.2) is 18.2 Å². The molecule has 1 aromatic rings. The van der Waals surface area contributed by atoms with Gasteiger partial charge in [-0.3, -0.25) is 0 Å². The van der Waals surface area contributed by atoms with Crippen LogP contribution in [0, 0.1) is 0 Å². The molecule has 1 atom stereocenters. The minimum absolute atomic E-state index is 0.0485. The average Bonchev–Trinajstić information content (AvgIpc) is 2.90. The molecule has 1 aliphatic heterocycles. The fourth-order valence-corrected chi connectivity index (χ4v) is 2.21. The van der Waals surface area contributed by atoms with Crippen LogP contribution in [0.3, 0.4) is 0 Å². The van der Waals surface area contributed by atoms with E-state index in [9.17, 15) is 18.0 Å². The summed E-state index contributed by atoms with van der Waals surface area (Å²) in [5, 5.41) is 4.63. The standard InChI is InChI=1S/C13H14ClF3N2O2/c14-8-3-4-11(10(6-8)13(15,16)17)19-12(20)18-7-9-2-1-5-21-9/h3-4,6,9H,1-2,5,7H2,(H2,18,19,20). The second-order valence-electron chi connectivity index (χ2n) is 4.66. The molecule has 1 heterocycles. The minimum Gasteiger partial charge on any atom is -0.376 e. The number of hydrogen-bond donors (Lipinski definition) is 2. The molecule has 2 amide bonds. The van der Waals surface area contributed by atoms with Gasteiger partial charge in [0.1, 0.15) is 0 Å². The van der Waals surface area contributed by atoms with Crippen molar-refractivity contribution in [3.8, 4) is 0 Å². The maximum Gasteiger partial charge on any atom is 0.418 e. The molecule has 8 heteroatoms. The summed E-state index contributed by atoms with van der Waals surface area (Å²) in [6.45, 7) is 0.907. The van der Waals surface area contributed by atoms with Crippen LogP contribution in [-0.2, 0) is 10.9 Å². The maximum absolute atomic E-state index is 12.9. The van der Waals surface area contributed by atoms with E-state index in [2.05, 4.69) is 10.6 Å². The van der Waals surface area contributed by atoms with Gasteiger partial charge in [-0.1, -0.05) is 11.6 Å². The second kappa shape index (κ2) is 6.53. The predicted molar refractivity (Wildman–Crippen MR) is 72.4 cm³/mol. The lowest BCUT2D eigenvalue weighted by Crippen LogP contribution is -2.35. The van der Waals surface area contributed by atoms with Crippen molar-refractivity contribution < 1.29 is 22.7 Å². The van der Waals surface area contributed by atoms with Crippen molar-refractivity contribution >= 4 is 23.3 Å². The van der Waals surface area contributed by atoms with Gasteiger partial charge in [0.25, 0.3) is 0 Å². The summed E-state index contributed by atoms with van der Waals surface area (Å²) in [6, 6.07) is 2.47. The molecule has 0 spiro atoms. The Morgan fingerprint density at radius 1 is 1.43 bits per heavy atom. The van der Waals surface area contributed by atoms with Crippen molar-refractivity contribution in [1.29, 1.82) is 0 Å². The zero-order valence-corrected chi connectivity index (χ0v) is 11.7. The van der Waals surface area contributed by atoms with Crippen molar-refractivity contribution in [1.82, 2.24) is 5.32 Å². The molecule has 2 N–H and O–H groups in total. The molecular weight excluding hydrogens is 309 g/mol. The van der Waals surface area contributed by atoms with E-state index in [0.29, 0.717) is 6.61 Å². The Morgan fingerprint density at radius 2 is 2.19 bits per heavy atom. The monoisotopic (exact) mass is 322 g/mol. The molecule has 1 fully saturated rings. The molecule has 2 rings (SSSR count). The number of nitrogens with one attached hydrogen (secondary N) is 2. The zero-order valence-electron chi connectivity index (χ0n) is 11.0. The minimum atomic E-state index is -4.60. The van der Waals surface area contributed by atoms with Crippen LogP contribution in [0.2, 0.25) is 5.02 Å². The van der Waals surface area contributed by atoms with Crippen molar-refractivity contribution in [2.75, 3.05) is 18.5 Å². The van der Waals surface area contributed by atoms with E-state index in [-0.39, 0.29) is 23.4 Å². The SMILES string of the molecule is O=C(NCC1CCCO1)Nc1ccc(Cl)cc1C(F)(F)F. The third kappa shape index (κ3) is 4.50. The van der Waals surface area contributed by atoms with Gasteiger partial charge >= 0.3 is 12.2 Å². The topological polar surface area (TPSA) is 50.4 Å². The number of carbonyl (C=O) groups is 1. The Hall–Kier alpha value is -1.47. The molecule has 1 saturated heterocycles. The number of alkyl halides is 3. The lowest BCUT2D eigenvalue weighted by atomic mass is 10.1. The van der Waals surface area contributed by atoms with Crippen LogP contribution in [-0.4, -0.2) is 25.3 Å². The number of amides is 2. The number of ether oxygens (including phenoxy) is 1. The van der Waals surface area contributed by atoms with E-state index in [1.54, 1.807) is 0 Å². The van der Waals surface area contributed by atoms with Gasteiger partial charge in [-0.2, -0.15) is 13.2 Å².